The van der Waals surface area contributed by atoms with Crippen molar-refractivity contribution in [3.8, 4) is 0 Å². The minimum absolute atomic E-state index is 0.170. The molecule has 0 atom stereocenters. The SMILES string of the molecule is CCc1ccccc1NC(=O)/C(C)=C\C(=O)O. The van der Waals surface area contributed by atoms with E-state index in [0.29, 0.717) is 0 Å². The molecule has 0 aromatic heterocycles. The number of hydrogen-bond acceptors (Lipinski definition) is 2. The Labute approximate surface area is 100.0 Å². The van der Waals surface area contributed by atoms with Crippen LogP contribution in [0.1, 0.15) is 19.4 Å². The number of rotatable bonds is 4. The van der Waals surface area contributed by atoms with Gasteiger partial charge in [0, 0.05) is 17.3 Å². The zero-order valence-electron chi connectivity index (χ0n) is 9.86. The zero-order valence-corrected chi connectivity index (χ0v) is 9.86. The van der Waals surface area contributed by atoms with Crippen molar-refractivity contribution in [1.29, 1.82) is 0 Å². The van der Waals surface area contributed by atoms with Crippen LogP contribution in [-0.2, 0) is 16.0 Å². The molecule has 0 heterocycles. The van der Waals surface area contributed by atoms with Gasteiger partial charge in [0.05, 0.1) is 0 Å². The van der Waals surface area contributed by atoms with Crippen molar-refractivity contribution in [1.82, 2.24) is 0 Å². The second-order valence-electron chi connectivity index (χ2n) is 3.63. The van der Waals surface area contributed by atoms with Crippen LogP contribution in [0.5, 0.6) is 0 Å². The molecule has 2 N–H and O–H groups in total. The molecule has 0 saturated heterocycles. The molecule has 90 valence electrons. The summed E-state index contributed by atoms with van der Waals surface area (Å²) < 4.78 is 0. The molecule has 0 unspecified atom stereocenters. The van der Waals surface area contributed by atoms with Crippen molar-refractivity contribution in [2.75, 3.05) is 5.32 Å². The number of carbonyl (C=O) groups excluding carboxylic acids is 1. The van der Waals surface area contributed by atoms with Gasteiger partial charge in [-0.15, -0.1) is 0 Å². The summed E-state index contributed by atoms with van der Waals surface area (Å²) in [4.78, 5) is 22.1. The number of aliphatic carboxylic acids is 1. The number of anilines is 1. The predicted molar refractivity (Wildman–Crippen MR) is 65.8 cm³/mol. The normalized spacial score (nSPS) is 11.1. The van der Waals surface area contributed by atoms with Crippen LogP contribution in [0.2, 0.25) is 0 Å². The quantitative estimate of drug-likeness (QED) is 0.783. The molecule has 1 aromatic carbocycles. The van der Waals surface area contributed by atoms with Gasteiger partial charge < -0.3 is 10.4 Å². The zero-order chi connectivity index (χ0) is 12.8. The van der Waals surface area contributed by atoms with E-state index in [-0.39, 0.29) is 5.57 Å². The molecule has 0 fully saturated rings. The number of aryl methyl sites for hydroxylation is 1. The van der Waals surface area contributed by atoms with Gasteiger partial charge in [0.25, 0.3) is 5.91 Å². The Morgan fingerprint density at radius 1 is 1.35 bits per heavy atom. The number of nitrogens with one attached hydrogen (secondary N) is 1. The van der Waals surface area contributed by atoms with Gasteiger partial charge in [-0.05, 0) is 25.0 Å². The first kappa shape index (κ1) is 13.0. The average Bonchev–Trinajstić information content (AvgIpc) is 2.28. The Morgan fingerprint density at radius 2 is 2.00 bits per heavy atom. The maximum atomic E-state index is 11.7. The van der Waals surface area contributed by atoms with Crippen molar-refractivity contribution in [2.24, 2.45) is 0 Å². The Morgan fingerprint density at radius 3 is 2.59 bits per heavy atom. The van der Waals surface area contributed by atoms with E-state index in [1.807, 2.05) is 25.1 Å². The largest absolute Gasteiger partial charge is 0.478 e. The molecule has 0 saturated carbocycles. The van der Waals surface area contributed by atoms with Gasteiger partial charge in [0.2, 0.25) is 0 Å². The van der Waals surface area contributed by atoms with E-state index in [1.54, 1.807) is 6.07 Å². The summed E-state index contributed by atoms with van der Waals surface area (Å²) in [7, 11) is 0. The monoisotopic (exact) mass is 233 g/mol. The second-order valence-corrected chi connectivity index (χ2v) is 3.63. The molecule has 0 aliphatic heterocycles. The third-order valence-corrected chi connectivity index (χ3v) is 2.34. The van der Waals surface area contributed by atoms with Gasteiger partial charge in [-0.1, -0.05) is 25.1 Å². The van der Waals surface area contributed by atoms with Gasteiger partial charge in [0.15, 0.2) is 0 Å². The molecule has 0 aliphatic rings. The topological polar surface area (TPSA) is 66.4 Å². The van der Waals surface area contributed by atoms with Crippen molar-refractivity contribution in [3.05, 3.63) is 41.5 Å². The lowest BCUT2D eigenvalue weighted by Gasteiger charge is -2.09. The lowest BCUT2D eigenvalue weighted by atomic mass is 10.1. The van der Waals surface area contributed by atoms with Gasteiger partial charge in [-0.25, -0.2) is 4.79 Å². The van der Waals surface area contributed by atoms with Crippen molar-refractivity contribution >= 4 is 17.6 Å². The first-order valence-corrected chi connectivity index (χ1v) is 5.35. The van der Waals surface area contributed by atoms with Gasteiger partial charge in [-0.3, -0.25) is 4.79 Å². The number of para-hydroxylation sites is 1. The number of carboxylic acids is 1. The van der Waals surface area contributed by atoms with Crippen LogP contribution in [0, 0.1) is 0 Å². The maximum Gasteiger partial charge on any atom is 0.328 e. The third-order valence-electron chi connectivity index (χ3n) is 2.34. The van der Waals surface area contributed by atoms with Crippen LogP contribution in [0.4, 0.5) is 5.69 Å². The molecule has 17 heavy (non-hydrogen) atoms. The van der Waals surface area contributed by atoms with Crippen LogP contribution < -0.4 is 5.32 Å². The highest BCUT2D eigenvalue weighted by Crippen LogP contribution is 2.16. The minimum Gasteiger partial charge on any atom is -0.478 e. The Hall–Kier alpha value is -2.10. The molecule has 0 spiro atoms. The number of amides is 1. The molecule has 1 rings (SSSR count). The van der Waals surface area contributed by atoms with Crippen LogP contribution >= 0.6 is 0 Å². The fraction of sp³-hybridized carbons (Fsp3) is 0.231. The minimum atomic E-state index is -1.12. The molecule has 0 radical (unpaired) electrons. The molecule has 1 aromatic rings. The molecule has 0 aliphatic carbocycles. The fourth-order valence-corrected chi connectivity index (χ4v) is 1.42. The summed E-state index contributed by atoms with van der Waals surface area (Å²) in [6.45, 7) is 3.46. The van der Waals surface area contributed by atoms with Gasteiger partial charge in [-0.2, -0.15) is 0 Å². The summed E-state index contributed by atoms with van der Waals surface area (Å²) in [5, 5.41) is 11.2. The number of carboxylic acid groups (broad SMARTS) is 1. The number of benzene rings is 1. The smallest absolute Gasteiger partial charge is 0.328 e. The summed E-state index contributed by atoms with van der Waals surface area (Å²) >= 11 is 0. The maximum absolute atomic E-state index is 11.7. The van der Waals surface area contributed by atoms with E-state index in [2.05, 4.69) is 5.32 Å². The predicted octanol–water partition coefficient (Wildman–Crippen LogP) is 2.22. The number of carbonyl (C=O) groups is 2. The lowest BCUT2D eigenvalue weighted by Crippen LogP contribution is -2.14. The summed E-state index contributed by atoms with van der Waals surface area (Å²) in [5.74, 6) is -1.52. The summed E-state index contributed by atoms with van der Waals surface area (Å²) in [6, 6.07) is 7.44. The van der Waals surface area contributed by atoms with Crippen molar-refractivity contribution in [2.45, 2.75) is 20.3 Å². The number of hydrogen-bond donors (Lipinski definition) is 2. The Balaban J connectivity index is 2.85. The lowest BCUT2D eigenvalue weighted by molar-refractivity contribution is -0.131. The van der Waals surface area contributed by atoms with Crippen molar-refractivity contribution < 1.29 is 14.7 Å². The van der Waals surface area contributed by atoms with Crippen LogP contribution in [-0.4, -0.2) is 17.0 Å². The van der Waals surface area contributed by atoms with Crippen LogP contribution in [0.25, 0.3) is 0 Å². The first-order valence-electron chi connectivity index (χ1n) is 5.35. The van der Waals surface area contributed by atoms with Crippen LogP contribution in [0.15, 0.2) is 35.9 Å². The molecule has 4 heteroatoms. The van der Waals surface area contributed by atoms with Gasteiger partial charge >= 0.3 is 5.97 Å². The van der Waals surface area contributed by atoms with Crippen LogP contribution in [0.3, 0.4) is 0 Å². The van der Waals surface area contributed by atoms with E-state index in [9.17, 15) is 9.59 Å². The van der Waals surface area contributed by atoms with Gasteiger partial charge in [0.1, 0.15) is 0 Å². The van der Waals surface area contributed by atoms with E-state index in [1.165, 1.54) is 6.92 Å². The highest BCUT2D eigenvalue weighted by Gasteiger charge is 2.08. The molecular weight excluding hydrogens is 218 g/mol. The molecule has 4 nitrogen and oxygen atoms in total. The fourth-order valence-electron chi connectivity index (χ4n) is 1.42. The highest BCUT2D eigenvalue weighted by atomic mass is 16.4. The summed E-state index contributed by atoms with van der Waals surface area (Å²) in [6.07, 6.45) is 1.70. The average molecular weight is 233 g/mol. The van der Waals surface area contributed by atoms with E-state index < -0.39 is 11.9 Å². The molecule has 1 amide bonds. The standard InChI is InChI=1S/C13H15NO3/c1-3-10-6-4-5-7-11(10)14-13(17)9(2)8-12(15)16/h4-8H,3H2,1-2H3,(H,14,17)(H,15,16)/b9-8-. The third kappa shape index (κ3) is 3.75. The van der Waals surface area contributed by atoms with E-state index >= 15 is 0 Å². The summed E-state index contributed by atoms with van der Waals surface area (Å²) in [5.41, 5.74) is 1.91. The van der Waals surface area contributed by atoms with E-state index in [0.717, 1.165) is 23.7 Å². The highest BCUT2D eigenvalue weighted by molar-refractivity contribution is 6.06. The first-order chi connectivity index (χ1) is 8.04. The molecule has 0 bridgehead atoms. The molecular formula is C13H15NO3. The Bertz CT molecular complexity index is 463. The second kappa shape index (κ2) is 5.84. The van der Waals surface area contributed by atoms with E-state index in [4.69, 9.17) is 5.11 Å². The Kier molecular flexibility index (Phi) is 4.46. The van der Waals surface area contributed by atoms with Crippen molar-refractivity contribution in [3.63, 3.8) is 0 Å².